The molecule has 0 aliphatic carbocycles. The lowest BCUT2D eigenvalue weighted by atomic mass is 9.97. The molecule has 0 fully saturated rings. The van der Waals surface area contributed by atoms with Gasteiger partial charge in [-0.3, -0.25) is 0 Å². The molecule has 0 N–H and O–H groups in total. The fourth-order valence-electron chi connectivity index (χ4n) is 8.16. The van der Waals surface area contributed by atoms with Crippen molar-refractivity contribution in [2.75, 3.05) is 4.90 Å². The molecule has 0 saturated carbocycles. The number of hydrogen-bond acceptors (Lipinski definition) is 4. The molecule has 0 unspecified atom stereocenters. The maximum Gasteiger partial charge on any atom is 0.227 e. The lowest BCUT2D eigenvalue weighted by Gasteiger charge is -2.28. The predicted molar refractivity (Wildman–Crippen MR) is 241 cm³/mol. The van der Waals surface area contributed by atoms with Gasteiger partial charge < -0.3 is 9.32 Å². The zero-order valence-corrected chi connectivity index (χ0v) is 31.7. The molecule has 0 aliphatic heterocycles. The molecule has 0 bridgehead atoms. The van der Waals surface area contributed by atoms with E-state index < -0.39 is 0 Å². The molecule has 2 aromatic heterocycles. The third-order valence-electron chi connectivity index (χ3n) is 10.9. The van der Waals surface area contributed by atoms with E-state index in [1.807, 2.05) is 30.3 Å². The minimum atomic E-state index is 0.626. The van der Waals surface area contributed by atoms with E-state index in [1.165, 1.54) is 53.2 Å². The average Bonchev–Trinajstić information content (AvgIpc) is 3.88. The standard InChI is InChI=1S/C53H34N2OS/c1-4-14-35(15-5-1)37-24-28-42(29-25-37)55(47-33-41(36-16-6-2-7-17-36)32-40-20-10-11-21-44(40)47)43-30-26-38(27-31-43)50-51-45-22-12-13-23-48(45)57-49(51)34-46-52(50)56-53(54-46)39-18-8-3-9-19-39/h1-34H. The first kappa shape index (κ1) is 33.1. The van der Waals surface area contributed by atoms with Gasteiger partial charge in [-0.25, -0.2) is 4.98 Å². The minimum Gasteiger partial charge on any atom is -0.435 e. The monoisotopic (exact) mass is 746 g/mol. The molecule has 268 valence electrons. The van der Waals surface area contributed by atoms with Crippen molar-refractivity contribution in [2.24, 2.45) is 0 Å². The number of nitrogens with zero attached hydrogens (tertiary/aromatic N) is 2. The summed E-state index contributed by atoms with van der Waals surface area (Å²) in [5.41, 5.74) is 12.7. The van der Waals surface area contributed by atoms with Crippen LogP contribution in [0.15, 0.2) is 211 Å². The van der Waals surface area contributed by atoms with E-state index in [2.05, 4.69) is 181 Å². The van der Waals surface area contributed by atoms with E-state index in [1.54, 1.807) is 11.3 Å². The fourth-order valence-corrected chi connectivity index (χ4v) is 9.31. The van der Waals surface area contributed by atoms with Gasteiger partial charge in [-0.2, -0.15) is 0 Å². The number of aromatic nitrogens is 1. The maximum atomic E-state index is 6.72. The van der Waals surface area contributed by atoms with Gasteiger partial charge in [0.05, 0.1) is 5.69 Å². The number of hydrogen-bond donors (Lipinski definition) is 0. The van der Waals surface area contributed by atoms with Gasteiger partial charge in [0.15, 0.2) is 5.58 Å². The van der Waals surface area contributed by atoms with Crippen molar-refractivity contribution in [2.45, 2.75) is 0 Å². The fraction of sp³-hybridized carbons (Fsp3) is 0. The molecular formula is C53H34N2OS. The molecule has 0 saturated heterocycles. The van der Waals surface area contributed by atoms with Crippen molar-refractivity contribution in [3.63, 3.8) is 0 Å². The van der Waals surface area contributed by atoms with E-state index in [4.69, 9.17) is 9.40 Å². The quantitative estimate of drug-likeness (QED) is 0.163. The average molecular weight is 747 g/mol. The van der Waals surface area contributed by atoms with Crippen LogP contribution in [0.4, 0.5) is 17.1 Å². The lowest BCUT2D eigenvalue weighted by molar-refractivity contribution is 0.621. The van der Waals surface area contributed by atoms with Gasteiger partial charge in [0, 0.05) is 48.1 Å². The zero-order valence-electron chi connectivity index (χ0n) is 30.8. The third kappa shape index (κ3) is 5.86. The Kier molecular flexibility index (Phi) is 8.01. The molecule has 9 aromatic carbocycles. The van der Waals surface area contributed by atoms with Gasteiger partial charge in [0.1, 0.15) is 5.52 Å². The highest BCUT2D eigenvalue weighted by Crippen LogP contribution is 2.47. The topological polar surface area (TPSA) is 29.3 Å². The van der Waals surface area contributed by atoms with Gasteiger partial charge in [-0.15, -0.1) is 11.3 Å². The van der Waals surface area contributed by atoms with Crippen molar-refractivity contribution in [1.29, 1.82) is 0 Å². The number of oxazole rings is 1. The second-order valence-corrected chi connectivity index (χ2v) is 15.4. The molecule has 0 atom stereocenters. The molecule has 0 radical (unpaired) electrons. The summed E-state index contributed by atoms with van der Waals surface area (Å²) in [5, 5.41) is 4.79. The van der Waals surface area contributed by atoms with Crippen LogP contribution < -0.4 is 4.90 Å². The third-order valence-corrected chi connectivity index (χ3v) is 12.0. The summed E-state index contributed by atoms with van der Waals surface area (Å²) >= 11 is 1.80. The first-order valence-corrected chi connectivity index (χ1v) is 20.0. The van der Waals surface area contributed by atoms with Crippen molar-refractivity contribution < 1.29 is 4.42 Å². The summed E-state index contributed by atoms with van der Waals surface area (Å²) in [6.07, 6.45) is 0. The minimum absolute atomic E-state index is 0.626. The van der Waals surface area contributed by atoms with Crippen LogP contribution in [0.2, 0.25) is 0 Å². The zero-order chi connectivity index (χ0) is 37.7. The van der Waals surface area contributed by atoms with Crippen LogP contribution in [-0.4, -0.2) is 4.98 Å². The van der Waals surface area contributed by atoms with Gasteiger partial charge in [-0.1, -0.05) is 146 Å². The molecule has 11 rings (SSSR count). The van der Waals surface area contributed by atoms with E-state index in [0.717, 1.165) is 44.9 Å². The summed E-state index contributed by atoms with van der Waals surface area (Å²) in [4.78, 5) is 7.43. The first-order chi connectivity index (χ1) is 28.2. The number of anilines is 3. The molecule has 0 spiro atoms. The number of fused-ring (bicyclic) bond motifs is 5. The van der Waals surface area contributed by atoms with Crippen LogP contribution in [0.3, 0.4) is 0 Å². The summed E-state index contributed by atoms with van der Waals surface area (Å²) in [6, 6.07) is 73.5. The smallest absolute Gasteiger partial charge is 0.227 e. The summed E-state index contributed by atoms with van der Waals surface area (Å²) in [7, 11) is 0. The SMILES string of the molecule is c1ccc(-c2ccc(N(c3ccc(-c4c5oc(-c6ccccc6)nc5cc5sc6ccccc6c45)cc3)c3cc(-c4ccccc4)cc4ccccc34)cc2)cc1. The molecular weight excluding hydrogens is 713 g/mol. The van der Waals surface area contributed by atoms with Gasteiger partial charge in [-0.05, 0) is 93.9 Å². The number of benzene rings is 9. The Morgan fingerprint density at radius 1 is 0.421 bits per heavy atom. The Labute approximate surface area is 334 Å². The first-order valence-electron chi connectivity index (χ1n) is 19.2. The van der Waals surface area contributed by atoms with E-state index in [-0.39, 0.29) is 0 Å². The van der Waals surface area contributed by atoms with Crippen molar-refractivity contribution >= 4 is 70.4 Å². The Morgan fingerprint density at radius 2 is 0.965 bits per heavy atom. The van der Waals surface area contributed by atoms with Crippen LogP contribution >= 0.6 is 11.3 Å². The Morgan fingerprint density at radius 3 is 1.65 bits per heavy atom. The van der Waals surface area contributed by atoms with Gasteiger partial charge in [0.25, 0.3) is 0 Å². The van der Waals surface area contributed by atoms with Crippen LogP contribution in [0.25, 0.3) is 86.9 Å². The molecule has 0 aliphatic rings. The van der Waals surface area contributed by atoms with Crippen LogP contribution in [0.1, 0.15) is 0 Å². The molecule has 4 heteroatoms. The Hall–Kier alpha value is -7.27. The normalized spacial score (nSPS) is 11.5. The number of rotatable bonds is 7. The largest absolute Gasteiger partial charge is 0.435 e. The van der Waals surface area contributed by atoms with Crippen LogP contribution in [0, 0.1) is 0 Å². The lowest BCUT2D eigenvalue weighted by Crippen LogP contribution is -2.10. The molecule has 11 aromatic rings. The Bertz CT molecular complexity index is 3210. The van der Waals surface area contributed by atoms with E-state index >= 15 is 0 Å². The highest BCUT2D eigenvalue weighted by Gasteiger charge is 2.22. The Balaban J connectivity index is 1.11. The molecule has 57 heavy (non-hydrogen) atoms. The maximum absolute atomic E-state index is 6.72. The summed E-state index contributed by atoms with van der Waals surface area (Å²) < 4.78 is 9.16. The molecule has 0 amide bonds. The second kappa shape index (κ2) is 13.8. The predicted octanol–water partition coefficient (Wildman–Crippen LogP) is 15.5. The second-order valence-electron chi connectivity index (χ2n) is 14.3. The van der Waals surface area contributed by atoms with E-state index in [0.29, 0.717) is 5.89 Å². The van der Waals surface area contributed by atoms with Gasteiger partial charge in [0.2, 0.25) is 5.89 Å². The number of thiophene rings is 1. The summed E-state index contributed by atoms with van der Waals surface area (Å²) in [5.74, 6) is 0.626. The molecule has 3 nitrogen and oxygen atoms in total. The molecule has 2 heterocycles. The van der Waals surface area contributed by atoms with Crippen molar-refractivity contribution in [3.05, 3.63) is 206 Å². The van der Waals surface area contributed by atoms with Gasteiger partial charge >= 0.3 is 0 Å². The highest BCUT2D eigenvalue weighted by atomic mass is 32.1. The highest BCUT2D eigenvalue weighted by molar-refractivity contribution is 7.26. The van der Waals surface area contributed by atoms with Crippen molar-refractivity contribution in [1.82, 2.24) is 4.98 Å². The van der Waals surface area contributed by atoms with Crippen LogP contribution in [-0.2, 0) is 0 Å². The van der Waals surface area contributed by atoms with Crippen molar-refractivity contribution in [3.8, 4) is 44.8 Å². The van der Waals surface area contributed by atoms with E-state index in [9.17, 15) is 0 Å². The summed E-state index contributed by atoms with van der Waals surface area (Å²) in [6.45, 7) is 0. The van der Waals surface area contributed by atoms with Crippen LogP contribution in [0.5, 0.6) is 0 Å².